The fourth-order valence-electron chi connectivity index (χ4n) is 3.35. The minimum Gasteiger partial charge on any atom is -0.490 e. The van der Waals surface area contributed by atoms with E-state index in [2.05, 4.69) is 10.2 Å². The Balaban J connectivity index is 1.66. The zero-order chi connectivity index (χ0) is 17.6. The first-order chi connectivity index (χ1) is 12.2. The molecule has 0 bridgehead atoms. The van der Waals surface area contributed by atoms with Crippen LogP contribution in [-0.4, -0.2) is 66.6 Å². The molecule has 0 radical (unpaired) electrons. The number of carbonyl (C=O) groups is 1. The lowest BCUT2D eigenvalue weighted by molar-refractivity contribution is -0.116. The number of nitrogens with one attached hydrogen (secondary N) is 1. The molecule has 3 N–H and O–H groups in total. The highest BCUT2D eigenvalue weighted by Crippen LogP contribution is 2.38. The normalized spacial score (nSPS) is 18.6. The number of carbonyl (C=O) groups excluding carboxylic acids is 1. The third-order valence-corrected chi connectivity index (χ3v) is 4.55. The van der Waals surface area contributed by atoms with E-state index >= 15 is 0 Å². The van der Waals surface area contributed by atoms with Gasteiger partial charge in [0.15, 0.2) is 0 Å². The summed E-state index contributed by atoms with van der Waals surface area (Å²) in [6, 6.07) is 3.52. The van der Waals surface area contributed by atoms with Gasteiger partial charge in [-0.3, -0.25) is 4.79 Å². The number of nitrogens with zero attached hydrogens (tertiary/aromatic N) is 1. The average Bonchev–Trinajstić information content (AvgIpc) is 3.11. The highest BCUT2D eigenvalue weighted by atomic mass is 16.5. The van der Waals surface area contributed by atoms with Crippen molar-refractivity contribution in [1.82, 2.24) is 4.90 Å². The molecule has 1 atom stereocenters. The van der Waals surface area contributed by atoms with Gasteiger partial charge in [0.25, 0.3) is 0 Å². The van der Waals surface area contributed by atoms with Crippen LogP contribution in [0.3, 0.4) is 0 Å². The highest BCUT2D eigenvalue weighted by molar-refractivity contribution is 5.96. The molecule has 7 nitrogen and oxygen atoms in total. The predicted molar refractivity (Wildman–Crippen MR) is 93.1 cm³/mol. The van der Waals surface area contributed by atoms with Crippen molar-refractivity contribution in [3.05, 3.63) is 17.7 Å². The van der Waals surface area contributed by atoms with Crippen molar-refractivity contribution in [2.24, 2.45) is 0 Å². The number of aliphatic hydroxyl groups excluding tert-OH is 2. The first-order valence-corrected chi connectivity index (χ1v) is 8.90. The van der Waals surface area contributed by atoms with Crippen molar-refractivity contribution in [2.75, 3.05) is 44.8 Å². The second-order valence-electron chi connectivity index (χ2n) is 6.51. The first-order valence-electron chi connectivity index (χ1n) is 8.90. The van der Waals surface area contributed by atoms with Gasteiger partial charge in [-0.15, -0.1) is 0 Å². The minimum absolute atomic E-state index is 0.0624. The molecule has 1 saturated heterocycles. The summed E-state index contributed by atoms with van der Waals surface area (Å²) in [6.07, 6.45) is 2.79. The molecule has 1 unspecified atom stereocenters. The lowest BCUT2D eigenvalue weighted by atomic mass is 10.0. The molecule has 0 aromatic heterocycles. The molecule has 138 valence electrons. The molecule has 2 aliphatic heterocycles. The van der Waals surface area contributed by atoms with Gasteiger partial charge in [-0.2, -0.15) is 0 Å². The Hall–Kier alpha value is -1.83. The van der Waals surface area contributed by atoms with Gasteiger partial charge in [0.05, 0.1) is 12.3 Å². The molecule has 1 amide bonds. The van der Waals surface area contributed by atoms with E-state index in [1.165, 1.54) is 12.8 Å². The maximum Gasteiger partial charge on any atom is 0.224 e. The van der Waals surface area contributed by atoms with Crippen molar-refractivity contribution in [3.8, 4) is 11.5 Å². The Morgan fingerprint density at radius 1 is 1.16 bits per heavy atom. The molecule has 2 aliphatic rings. The number of hydrogen-bond acceptors (Lipinski definition) is 6. The zero-order valence-electron chi connectivity index (χ0n) is 14.4. The standard InChI is InChI=1S/C18H26N2O5/c21-9-10-24-16-5-4-15(14-3-6-17(23)19-18(14)16)25-12-13(22)11-20-7-1-2-8-20/h4-5,13,21-22H,1-3,6-12H2,(H,19,23). The van der Waals surface area contributed by atoms with Gasteiger partial charge in [0, 0.05) is 18.5 Å². The quantitative estimate of drug-likeness (QED) is 0.642. The first kappa shape index (κ1) is 18.0. The predicted octanol–water partition coefficient (Wildman–Crippen LogP) is 0.778. The van der Waals surface area contributed by atoms with E-state index < -0.39 is 6.10 Å². The van der Waals surface area contributed by atoms with E-state index in [1.54, 1.807) is 12.1 Å². The van der Waals surface area contributed by atoms with Crippen LogP contribution in [-0.2, 0) is 11.2 Å². The molecule has 2 heterocycles. The van der Waals surface area contributed by atoms with Gasteiger partial charge in [0.1, 0.15) is 30.8 Å². The van der Waals surface area contributed by atoms with Crippen molar-refractivity contribution in [3.63, 3.8) is 0 Å². The Morgan fingerprint density at radius 3 is 2.68 bits per heavy atom. The monoisotopic (exact) mass is 350 g/mol. The third-order valence-electron chi connectivity index (χ3n) is 4.55. The van der Waals surface area contributed by atoms with Gasteiger partial charge >= 0.3 is 0 Å². The van der Waals surface area contributed by atoms with Crippen LogP contribution in [0.4, 0.5) is 5.69 Å². The lowest BCUT2D eigenvalue weighted by Crippen LogP contribution is -2.34. The Labute approximate surface area is 147 Å². The largest absolute Gasteiger partial charge is 0.490 e. The van der Waals surface area contributed by atoms with Gasteiger partial charge in [0.2, 0.25) is 5.91 Å². The van der Waals surface area contributed by atoms with Crippen molar-refractivity contribution < 1.29 is 24.5 Å². The van der Waals surface area contributed by atoms with Crippen LogP contribution in [0.15, 0.2) is 12.1 Å². The number of benzene rings is 1. The number of amides is 1. The summed E-state index contributed by atoms with van der Waals surface area (Å²) in [5.74, 6) is 1.13. The summed E-state index contributed by atoms with van der Waals surface area (Å²) in [4.78, 5) is 14.0. The number of anilines is 1. The summed E-state index contributed by atoms with van der Waals surface area (Å²) in [6.45, 7) is 2.98. The SMILES string of the molecule is O=C1CCc2c(OCC(O)CN3CCCC3)ccc(OCCO)c2N1. The number of aliphatic hydroxyl groups is 2. The van der Waals surface area contributed by atoms with Gasteiger partial charge in [-0.25, -0.2) is 0 Å². The van der Waals surface area contributed by atoms with Crippen molar-refractivity contribution in [2.45, 2.75) is 31.8 Å². The second kappa shape index (κ2) is 8.51. The fraction of sp³-hybridized carbons (Fsp3) is 0.611. The van der Waals surface area contributed by atoms with Crippen LogP contribution in [0.2, 0.25) is 0 Å². The van der Waals surface area contributed by atoms with E-state index in [0.717, 1.165) is 18.7 Å². The topological polar surface area (TPSA) is 91.3 Å². The Morgan fingerprint density at radius 2 is 1.92 bits per heavy atom. The Bertz CT molecular complexity index is 601. The second-order valence-corrected chi connectivity index (χ2v) is 6.51. The summed E-state index contributed by atoms with van der Waals surface area (Å²) in [5, 5.41) is 22.0. The van der Waals surface area contributed by atoms with Crippen molar-refractivity contribution >= 4 is 11.6 Å². The average molecular weight is 350 g/mol. The van der Waals surface area contributed by atoms with Gasteiger partial charge in [-0.05, 0) is 44.5 Å². The van der Waals surface area contributed by atoms with E-state index in [4.69, 9.17) is 14.6 Å². The molecule has 0 spiro atoms. The molecular formula is C18H26N2O5. The summed E-state index contributed by atoms with van der Waals surface area (Å²) in [5.41, 5.74) is 1.49. The van der Waals surface area contributed by atoms with Crippen LogP contribution in [0, 0.1) is 0 Å². The molecule has 0 aliphatic carbocycles. The Kier molecular flexibility index (Phi) is 6.12. The van der Waals surface area contributed by atoms with Crippen molar-refractivity contribution in [1.29, 1.82) is 0 Å². The molecular weight excluding hydrogens is 324 g/mol. The maximum absolute atomic E-state index is 11.7. The smallest absolute Gasteiger partial charge is 0.224 e. The number of β-amino-alcohol motifs (C(OH)–C–C–N with tert-alkyl or cyclic N) is 1. The molecule has 0 saturated carbocycles. The fourth-order valence-corrected chi connectivity index (χ4v) is 3.35. The molecule has 25 heavy (non-hydrogen) atoms. The van der Waals surface area contributed by atoms with Crippen LogP contribution in [0.5, 0.6) is 11.5 Å². The molecule has 1 aromatic carbocycles. The summed E-state index contributed by atoms with van der Waals surface area (Å²) in [7, 11) is 0. The maximum atomic E-state index is 11.7. The number of ether oxygens (including phenoxy) is 2. The van der Waals surface area contributed by atoms with E-state index in [9.17, 15) is 9.90 Å². The summed E-state index contributed by atoms with van der Waals surface area (Å²) >= 11 is 0. The van der Waals surface area contributed by atoms with Crippen LogP contribution < -0.4 is 14.8 Å². The van der Waals surface area contributed by atoms with Crippen LogP contribution >= 0.6 is 0 Å². The zero-order valence-corrected chi connectivity index (χ0v) is 14.4. The number of rotatable bonds is 8. The van der Waals surface area contributed by atoms with Crippen LogP contribution in [0.1, 0.15) is 24.8 Å². The van der Waals surface area contributed by atoms with Gasteiger partial charge in [-0.1, -0.05) is 0 Å². The van der Waals surface area contributed by atoms with E-state index in [1.807, 2.05) is 0 Å². The third kappa shape index (κ3) is 4.62. The molecule has 1 aromatic rings. The number of hydrogen-bond donors (Lipinski definition) is 3. The number of likely N-dealkylation sites (tertiary alicyclic amines) is 1. The molecule has 1 fully saturated rings. The minimum atomic E-state index is -0.544. The lowest BCUT2D eigenvalue weighted by Gasteiger charge is -2.24. The molecule has 7 heteroatoms. The molecule has 3 rings (SSSR count). The summed E-state index contributed by atoms with van der Waals surface area (Å²) < 4.78 is 11.3. The van der Waals surface area contributed by atoms with E-state index in [0.29, 0.717) is 36.6 Å². The van der Waals surface area contributed by atoms with Crippen LogP contribution in [0.25, 0.3) is 0 Å². The van der Waals surface area contributed by atoms with E-state index in [-0.39, 0.29) is 25.7 Å². The highest BCUT2D eigenvalue weighted by Gasteiger charge is 2.23. The number of fused-ring (bicyclic) bond motifs is 1. The van der Waals surface area contributed by atoms with Gasteiger partial charge < -0.3 is 29.9 Å².